The number of benzene rings is 3. The average Bonchev–Trinajstić information content (AvgIpc) is 2.70. The lowest BCUT2D eigenvalue weighted by atomic mass is 9.88. The van der Waals surface area contributed by atoms with E-state index in [-0.39, 0.29) is 0 Å². The van der Waals surface area contributed by atoms with Crippen LogP contribution < -0.4 is 0 Å². The number of aryl methyl sites for hydroxylation is 1. The number of hydrogen-bond acceptors (Lipinski definition) is 1. The van der Waals surface area contributed by atoms with E-state index in [0.29, 0.717) is 5.92 Å². The van der Waals surface area contributed by atoms with E-state index in [4.69, 9.17) is 0 Å². The highest BCUT2D eigenvalue weighted by Gasteiger charge is 2.14. The molecule has 0 N–H and O–H groups in total. The van der Waals surface area contributed by atoms with Crippen molar-refractivity contribution in [3.05, 3.63) is 107 Å². The summed E-state index contributed by atoms with van der Waals surface area (Å²) in [6, 6.07) is 30.8. The predicted octanol–water partition coefficient (Wildman–Crippen LogP) is 5.90. The van der Waals surface area contributed by atoms with Crippen LogP contribution in [0.3, 0.4) is 0 Å². The summed E-state index contributed by atoms with van der Waals surface area (Å²) in [5, 5.41) is 0. The van der Waals surface area contributed by atoms with Crippen LogP contribution in [-0.4, -0.2) is 18.5 Å². The molecule has 0 aliphatic carbocycles. The van der Waals surface area contributed by atoms with Crippen LogP contribution in [0.15, 0.2) is 84.9 Å². The zero-order valence-corrected chi connectivity index (χ0v) is 15.9. The second kappa shape index (κ2) is 9.35. The van der Waals surface area contributed by atoms with E-state index in [0.717, 1.165) is 25.9 Å². The van der Waals surface area contributed by atoms with Gasteiger partial charge in [-0.25, -0.2) is 0 Å². The monoisotopic (exact) mass is 343 g/mol. The summed E-state index contributed by atoms with van der Waals surface area (Å²) in [4.78, 5) is 2.43. The Labute approximate surface area is 158 Å². The molecule has 1 nitrogen and oxygen atoms in total. The summed E-state index contributed by atoms with van der Waals surface area (Å²) < 4.78 is 0. The molecule has 0 unspecified atom stereocenters. The number of rotatable bonds is 8. The van der Waals surface area contributed by atoms with Crippen LogP contribution in [0, 0.1) is 0 Å². The molecule has 0 heterocycles. The first-order valence-corrected chi connectivity index (χ1v) is 9.62. The van der Waals surface area contributed by atoms with Gasteiger partial charge in [0.05, 0.1) is 0 Å². The van der Waals surface area contributed by atoms with Gasteiger partial charge < -0.3 is 4.90 Å². The van der Waals surface area contributed by atoms with Crippen molar-refractivity contribution in [3.63, 3.8) is 0 Å². The maximum Gasteiger partial charge on any atom is 0.0230 e. The lowest BCUT2D eigenvalue weighted by molar-refractivity contribution is 0.316. The summed E-state index contributed by atoms with van der Waals surface area (Å²) in [5.41, 5.74) is 5.60. The molecule has 0 spiro atoms. The Kier molecular flexibility index (Phi) is 6.62. The van der Waals surface area contributed by atoms with Gasteiger partial charge in [-0.05, 0) is 48.7 Å². The molecule has 0 radical (unpaired) electrons. The van der Waals surface area contributed by atoms with Gasteiger partial charge in [0.15, 0.2) is 0 Å². The third-order valence-electron chi connectivity index (χ3n) is 5.09. The minimum Gasteiger partial charge on any atom is -0.302 e. The van der Waals surface area contributed by atoms with Crippen LogP contribution in [0.4, 0.5) is 0 Å². The van der Waals surface area contributed by atoms with Crippen molar-refractivity contribution < 1.29 is 0 Å². The van der Waals surface area contributed by atoms with Gasteiger partial charge in [-0.1, -0.05) is 91.9 Å². The van der Waals surface area contributed by atoms with Crippen LogP contribution in [0.2, 0.25) is 0 Å². The van der Waals surface area contributed by atoms with Gasteiger partial charge in [0.25, 0.3) is 0 Å². The molecule has 0 aromatic heterocycles. The molecule has 3 rings (SSSR count). The van der Waals surface area contributed by atoms with Gasteiger partial charge in [-0.3, -0.25) is 0 Å². The van der Waals surface area contributed by atoms with E-state index in [1.807, 2.05) is 0 Å². The molecular formula is C25H29N. The lowest BCUT2D eigenvalue weighted by Gasteiger charge is -2.23. The highest BCUT2D eigenvalue weighted by Crippen LogP contribution is 2.28. The van der Waals surface area contributed by atoms with Crippen molar-refractivity contribution in [1.82, 2.24) is 4.90 Å². The second-order valence-corrected chi connectivity index (χ2v) is 7.07. The largest absolute Gasteiger partial charge is 0.302 e. The Hall–Kier alpha value is -2.38. The molecule has 3 aromatic carbocycles. The lowest BCUT2D eigenvalue weighted by Crippen LogP contribution is -2.21. The molecule has 0 saturated carbocycles. The van der Waals surface area contributed by atoms with Crippen LogP contribution in [0.5, 0.6) is 0 Å². The molecular weight excluding hydrogens is 314 g/mol. The molecule has 3 aromatic rings. The van der Waals surface area contributed by atoms with Gasteiger partial charge in [0, 0.05) is 12.5 Å². The molecule has 0 atom stereocenters. The van der Waals surface area contributed by atoms with E-state index in [9.17, 15) is 0 Å². The summed E-state index contributed by atoms with van der Waals surface area (Å²) in [6.45, 7) is 4.28. The Morgan fingerprint density at radius 2 is 1.19 bits per heavy atom. The van der Waals surface area contributed by atoms with Gasteiger partial charge in [-0.15, -0.1) is 0 Å². The molecule has 0 fully saturated rings. The average molecular weight is 344 g/mol. The first-order valence-electron chi connectivity index (χ1n) is 9.62. The first-order chi connectivity index (χ1) is 12.8. The number of nitrogens with zero attached hydrogens (tertiary/aromatic N) is 1. The Balaban J connectivity index is 1.65. The molecule has 26 heavy (non-hydrogen) atoms. The van der Waals surface area contributed by atoms with E-state index in [1.54, 1.807) is 0 Å². The fourth-order valence-corrected chi connectivity index (χ4v) is 3.52. The highest BCUT2D eigenvalue weighted by molar-refractivity contribution is 5.32. The van der Waals surface area contributed by atoms with Crippen molar-refractivity contribution >= 4 is 0 Å². The van der Waals surface area contributed by atoms with E-state index in [1.165, 1.54) is 22.3 Å². The normalized spacial score (nSPS) is 11.2. The van der Waals surface area contributed by atoms with Crippen LogP contribution in [0.1, 0.15) is 41.5 Å². The van der Waals surface area contributed by atoms with Gasteiger partial charge in [-0.2, -0.15) is 0 Å². The van der Waals surface area contributed by atoms with Crippen molar-refractivity contribution in [3.8, 4) is 0 Å². The van der Waals surface area contributed by atoms with E-state index >= 15 is 0 Å². The zero-order chi connectivity index (χ0) is 18.2. The SMILES string of the molecule is CCc1ccc(CN(C)CCC(c2ccccc2)c2ccccc2)cc1. The number of hydrogen-bond donors (Lipinski definition) is 0. The third-order valence-corrected chi connectivity index (χ3v) is 5.09. The fourth-order valence-electron chi connectivity index (χ4n) is 3.52. The Morgan fingerprint density at radius 3 is 1.69 bits per heavy atom. The quantitative estimate of drug-likeness (QED) is 0.492. The standard InChI is InChI=1S/C25H29N/c1-3-21-14-16-22(17-15-21)20-26(2)19-18-25(23-10-6-4-7-11-23)24-12-8-5-9-13-24/h4-17,25H,3,18-20H2,1-2H3. The molecule has 0 aliphatic heterocycles. The van der Waals surface area contributed by atoms with Crippen LogP contribution in [-0.2, 0) is 13.0 Å². The van der Waals surface area contributed by atoms with Crippen molar-refractivity contribution in [1.29, 1.82) is 0 Å². The van der Waals surface area contributed by atoms with E-state index < -0.39 is 0 Å². The summed E-state index contributed by atoms with van der Waals surface area (Å²) in [5.74, 6) is 0.447. The van der Waals surface area contributed by atoms with Crippen LogP contribution >= 0.6 is 0 Å². The van der Waals surface area contributed by atoms with Gasteiger partial charge in [0.1, 0.15) is 0 Å². The maximum absolute atomic E-state index is 2.43. The maximum atomic E-state index is 2.43. The fraction of sp³-hybridized carbons (Fsp3) is 0.280. The smallest absolute Gasteiger partial charge is 0.0230 e. The summed E-state index contributed by atoms with van der Waals surface area (Å²) >= 11 is 0. The molecule has 1 heteroatoms. The Bertz CT molecular complexity index is 723. The van der Waals surface area contributed by atoms with Crippen molar-refractivity contribution in [2.75, 3.05) is 13.6 Å². The third kappa shape index (κ3) is 5.06. The summed E-state index contributed by atoms with van der Waals surface area (Å²) in [7, 11) is 2.22. The van der Waals surface area contributed by atoms with Gasteiger partial charge >= 0.3 is 0 Å². The zero-order valence-electron chi connectivity index (χ0n) is 15.9. The molecule has 0 bridgehead atoms. The minimum atomic E-state index is 0.447. The molecule has 134 valence electrons. The molecule has 0 amide bonds. The van der Waals surface area contributed by atoms with Crippen molar-refractivity contribution in [2.24, 2.45) is 0 Å². The first kappa shape index (κ1) is 18.4. The van der Waals surface area contributed by atoms with Crippen LogP contribution in [0.25, 0.3) is 0 Å². The van der Waals surface area contributed by atoms with E-state index in [2.05, 4.69) is 104 Å². The van der Waals surface area contributed by atoms with Crippen molar-refractivity contribution in [2.45, 2.75) is 32.2 Å². The second-order valence-electron chi connectivity index (χ2n) is 7.07. The molecule has 0 saturated heterocycles. The predicted molar refractivity (Wildman–Crippen MR) is 111 cm³/mol. The minimum absolute atomic E-state index is 0.447. The summed E-state index contributed by atoms with van der Waals surface area (Å²) in [6.07, 6.45) is 2.23. The Morgan fingerprint density at radius 1 is 0.692 bits per heavy atom. The van der Waals surface area contributed by atoms with Gasteiger partial charge in [0.2, 0.25) is 0 Å². The topological polar surface area (TPSA) is 3.24 Å². The molecule has 0 aliphatic rings. The highest BCUT2D eigenvalue weighted by atomic mass is 15.1.